The fraction of sp³-hybridized carbons (Fsp3) is 0.938. The average molecular weight is 314 g/mol. The standard InChI is InChI=1S/C16H31N3OS/c1-4-14-12-19(9-11-21-14)15(17-5-2)18-13-16(6-7-16)8-10-20-3/h14H,4-13H2,1-3H3,(H,17,18). The van der Waals surface area contributed by atoms with Crippen LogP contribution in [0.5, 0.6) is 0 Å². The Morgan fingerprint density at radius 1 is 1.43 bits per heavy atom. The molecule has 1 saturated carbocycles. The van der Waals surface area contributed by atoms with E-state index in [-0.39, 0.29) is 0 Å². The van der Waals surface area contributed by atoms with E-state index in [1.807, 2.05) is 0 Å². The number of nitrogens with one attached hydrogen (secondary N) is 1. The minimum absolute atomic E-state index is 0.436. The zero-order chi connectivity index (χ0) is 15.1. The van der Waals surface area contributed by atoms with E-state index in [0.717, 1.165) is 50.4 Å². The zero-order valence-electron chi connectivity index (χ0n) is 13.9. The van der Waals surface area contributed by atoms with Gasteiger partial charge in [0.25, 0.3) is 0 Å². The van der Waals surface area contributed by atoms with Crippen molar-refractivity contribution in [2.45, 2.75) is 44.8 Å². The molecule has 0 aromatic heterocycles. The normalized spacial score (nSPS) is 25.0. The third kappa shape index (κ3) is 5.06. The molecule has 0 aromatic carbocycles. The van der Waals surface area contributed by atoms with Gasteiger partial charge >= 0.3 is 0 Å². The molecule has 0 aromatic rings. The summed E-state index contributed by atoms with van der Waals surface area (Å²) in [5.41, 5.74) is 0.436. The number of guanidine groups is 1. The van der Waals surface area contributed by atoms with Crippen LogP contribution in [-0.2, 0) is 4.74 Å². The Kier molecular flexibility index (Phi) is 6.68. The first-order valence-corrected chi connectivity index (χ1v) is 9.41. The van der Waals surface area contributed by atoms with E-state index in [9.17, 15) is 0 Å². The van der Waals surface area contributed by atoms with Gasteiger partial charge in [-0.2, -0.15) is 11.8 Å². The Morgan fingerprint density at radius 3 is 2.86 bits per heavy atom. The second-order valence-corrected chi connectivity index (χ2v) is 7.67. The van der Waals surface area contributed by atoms with Crippen molar-refractivity contribution < 1.29 is 4.74 Å². The van der Waals surface area contributed by atoms with Gasteiger partial charge in [0.15, 0.2) is 5.96 Å². The number of aliphatic imine (C=N–C) groups is 1. The molecular formula is C16H31N3OS. The molecule has 1 saturated heterocycles. The molecule has 2 aliphatic rings. The molecule has 1 aliphatic heterocycles. The Labute approximate surface area is 134 Å². The van der Waals surface area contributed by atoms with Crippen LogP contribution in [0.2, 0.25) is 0 Å². The Bertz CT molecular complexity index is 344. The largest absolute Gasteiger partial charge is 0.385 e. The molecule has 0 amide bonds. The maximum absolute atomic E-state index is 5.24. The lowest BCUT2D eigenvalue weighted by atomic mass is 10.0. The molecule has 0 spiro atoms. The van der Waals surface area contributed by atoms with Crippen LogP contribution in [0.3, 0.4) is 0 Å². The number of thioether (sulfide) groups is 1. The Balaban J connectivity index is 1.92. The van der Waals surface area contributed by atoms with Crippen LogP contribution >= 0.6 is 11.8 Å². The smallest absolute Gasteiger partial charge is 0.193 e. The van der Waals surface area contributed by atoms with Gasteiger partial charge in [0.1, 0.15) is 0 Å². The molecule has 4 nitrogen and oxygen atoms in total. The third-order valence-electron chi connectivity index (χ3n) is 4.59. The van der Waals surface area contributed by atoms with E-state index in [1.54, 1.807) is 7.11 Å². The molecule has 1 unspecified atom stereocenters. The number of nitrogens with zero attached hydrogens (tertiary/aromatic N) is 2. The summed E-state index contributed by atoms with van der Waals surface area (Å²) in [7, 11) is 1.79. The molecule has 1 aliphatic carbocycles. The molecule has 1 N–H and O–H groups in total. The van der Waals surface area contributed by atoms with Crippen LogP contribution in [0, 0.1) is 5.41 Å². The van der Waals surface area contributed by atoms with Gasteiger partial charge in [-0.1, -0.05) is 6.92 Å². The summed E-state index contributed by atoms with van der Waals surface area (Å²) in [6, 6.07) is 0. The van der Waals surface area contributed by atoms with Gasteiger partial charge in [0.2, 0.25) is 0 Å². The van der Waals surface area contributed by atoms with E-state index >= 15 is 0 Å². The highest BCUT2D eigenvalue weighted by Gasteiger charge is 2.42. The molecule has 0 bridgehead atoms. The van der Waals surface area contributed by atoms with Crippen molar-refractivity contribution in [2.75, 3.05) is 45.6 Å². The second kappa shape index (κ2) is 8.28. The quantitative estimate of drug-likeness (QED) is 0.579. The molecule has 1 atom stereocenters. The van der Waals surface area contributed by atoms with Crippen molar-refractivity contribution in [3.63, 3.8) is 0 Å². The Hall–Kier alpha value is -0.420. The monoisotopic (exact) mass is 313 g/mol. The first-order chi connectivity index (χ1) is 10.2. The SMILES string of the molecule is CCNC(=NCC1(CCOC)CC1)N1CCSC(CC)C1. The van der Waals surface area contributed by atoms with Gasteiger partial charge in [0.05, 0.1) is 0 Å². The van der Waals surface area contributed by atoms with Crippen molar-refractivity contribution in [1.82, 2.24) is 10.2 Å². The van der Waals surface area contributed by atoms with Crippen molar-refractivity contribution >= 4 is 17.7 Å². The summed E-state index contributed by atoms with van der Waals surface area (Å²) in [6.07, 6.45) is 5.03. The van der Waals surface area contributed by atoms with Crippen molar-refractivity contribution in [1.29, 1.82) is 0 Å². The predicted octanol–water partition coefficient (Wildman–Crippen LogP) is 2.60. The van der Waals surface area contributed by atoms with E-state index in [2.05, 4.69) is 35.8 Å². The van der Waals surface area contributed by atoms with Gasteiger partial charge in [-0.05, 0) is 38.0 Å². The van der Waals surface area contributed by atoms with Crippen LogP contribution in [0.4, 0.5) is 0 Å². The van der Waals surface area contributed by atoms with Crippen molar-refractivity contribution in [3.8, 4) is 0 Å². The molecule has 1 heterocycles. The lowest BCUT2D eigenvalue weighted by Crippen LogP contribution is -2.48. The molecular weight excluding hydrogens is 282 g/mol. The lowest BCUT2D eigenvalue weighted by Gasteiger charge is -2.34. The number of hydrogen-bond donors (Lipinski definition) is 1. The maximum atomic E-state index is 5.24. The number of ether oxygens (including phenoxy) is 1. The molecule has 0 radical (unpaired) electrons. The highest BCUT2D eigenvalue weighted by Crippen LogP contribution is 2.49. The summed E-state index contributed by atoms with van der Waals surface area (Å²) < 4.78 is 5.24. The number of hydrogen-bond acceptors (Lipinski definition) is 3. The average Bonchev–Trinajstić information content (AvgIpc) is 3.30. The van der Waals surface area contributed by atoms with Crippen LogP contribution in [0.15, 0.2) is 4.99 Å². The first kappa shape index (κ1) is 16.9. The molecule has 21 heavy (non-hydrogen) atoms. The van der Waals surface area contributed by atoms with Crippen LogP contribution < -0.4 is 5.32 Å². The second-order valence-electron chi connectivity index (χ2n) is 6.26. The molecule has 2 fully saturated rings. The van der Waals surface area contributed by atoms with E-state index < -0.39 is 0 Å². The Morgan fingerprint density at radius 2 is 2.24 bits per heavy atom. The first-order valence-electron chi connectivity index (χ1n) is 8.37. The minimum Gasteiger partial charge on any atom is -0.385 e. The topological polar surface area (TPSA) is 36.9 Å². The fourth-order valence-electron chi connectivity index (χ4n) is 2.81. The maximum Gasteiger partial charge on any atom is 0.193 e. The highest BCUT2D eigenvalue weighted by atomic mass is 32.2. The van der Waals surface area contributed by atoms with E-state index in [1.165, 1.54) is 25.0 Å². The molecule has 2 rings (SSSR count). The van der Waals surface area contributed by atoms with Gasteiger partial charge in [-0.25, -0.2) is 0 Å². The fourth-order valence-corrected chi connectivity index (χ4v) is 3.99. The van der Waals surface area contributed by atoms with Gasteiger partial charge in [-0.3, -0.25) is 4.99 Å². The summed E-state index contributed by atoms with van der Waals surface area (Å²) >= 11 is 2.11. The number of rotatable bonds is 7. The predicted molar refractivity (Wildman–Crippen MR) is 92.2 cm³/mol. The van der Waals surface area contributed by atoms with Crippen LogP contribution in [0.1, 0.15) is 39.5 Å². The minimum atomic E-state index is 0.436. The van der Waals surface area contributed by atoms with Gasteiger partial charge in [-0.15, -0.1) is 0 Å². The van der Waals surface area contributed by atoms with E-state index in [4.69, 9.17) is 9.73 Å². The van der Waals surface area contributed by atoms with Crippen molar-refractivity contribution in [2.24, 2.45) is 10.4 Å². The van der Waals surface area contributed by atoms with Gasteiger partial charge < -0.3 is 15.0 Å². The third-order valence-corrected chi connectivity index (χ3v) is 5.96. The lowest BCUT2D eigenvalue weighted by molar-refractivity contribution is 0.174. The van der Waals surface area contributed by atoms with Crippen LogP contribution in [0.25, 0.3) is 0 Å². The zero-order valence-corrected chi connectivity index (χ0v) is 14.7. The molecule has 5 heteroatoms. The van der Waals surface area contributed by atoms with Crippen LogP contribution in [-0.4, -0.2) is 61.8 Å². The van der Waals surface area contributed by atoms with Gasteiger partial charge in [0, 0.05) is 50.9 Å². The summed E-state index contributed by atoms with van der Waals surface area (Å²) in [6.45, 7) is 9.47. The van der Waals surface area contributed by atoms with Crippen molar-refractivity contribution in [3.05, 3.63) is 0 Å². The molecule has 122 valence electrons. The highest BCUT2D eigenvalue weighted by molar-refractivity contribution is 8.00. The summed E-state index contributed by atoms with van der Waals surface area (Å²) in [5, 5.41) is 4.24. The summed E-state index contributed by atoms with van der Waals surface area (Å²) in [4.78, 5) is 7.42. The summed E-state index contributed by atoms with van der Waals surface area (Å²) in [5.74, 6) is 2.34. The number of methoxy groups -OCH3 is 1. The van der Waals surface area contributed by atoms with E-state index in [0.29, 0.717) is 5.41 Å².